The number of nitrogens with one attached hydrogen (secondary N) is 1. The standard InChI is InChI=1S/C31H38ClN3O4S/c1-6-29(31(37)33-22(2)3)34(19-18-25-10-8-7-9-11-25)30(36)21-35(26-15-14-24(5)28(32)20-26)40(38,39)27-16-12-23(4)13-17-27/h7-17,20,22,29H,6,18-19,21H2,1-5H3,(H,33,37)/t29-/m0/s1. The summed E-state index contributed by atoms with van der Waals surface area (Å²) in [4.78, 5) is 28.8. The Bertz CT molecular complexity index is 1410. The summed E-state index contributed by atoms with van der Waals surface area (Å²) in [7, 11) is -4.14. The van der Waals surface area contributed by atoms with Gasteiger partial charge in [-0.05, 0) is 75.9 Å². The maximum absolute atomic E-state index is 14.0. The van der Waals surface area contributed by atoms with Gasteiger partial charge in [0.2, 0.25) is 11.8 Å². The fraction of sp³-hybridized carbons (Fsp3) is 0.355. The van der Waals surface area contributed by atoms with Gasteiger partial charge >= 0.3 is 0 Å². The number of amides is 2. The van der Waals surface area contributed by atoms with Crippen LogP contribution in [-0.2, 0) is 26.0 Å². The Morgan fingerprint density at radius 1 is 0.950 bits per heavy atom. The van der Waals surface area contributed by atoms with Crippen LogP contribution in [0.5, 0.6) is 0 Å². The number of benzene rings is 3. The predicted molar refractivity (Wildman–Crippen MR) is 161 cm³/mol. The van der Waals surface area contributed by atoms with Crippen molar-refractivity contribution >= 4 is 39.1 Å². The first-order valence-electron chi connectivity index (χ1n) is 13.4. The fourth-order valence-corrected chi connectivity index (χ4v) is 5.96. The molecule has 1 atom stereocenters. The van der Waals surface area contributed by atoms with E-state index in [1.807, 2.05) is 65.0 Å². The van der Waals surface area contributed by atoms with Crippen molar-refractivity contribution in [3.63, 3.8) is 0 Å². The second-order valence-electron chi connectivity index (χ2n) is 10.2. The first-order valence-corrected chi connectivity index (χ1v) is 15.2. The minimum atomic E-state index is -4.14. The molecule has 3 aromatic rings. The predicted octanol–water partition coefficient (Wildman–Crippen LogP) is 5.53. The van der Waals surface area contributed by atoms with Crippen LogP contribution in [0.15, 0.2) is 77.7 Å². The van der Waals surface area contributed by atoms with Gasteiger partial charge in [0.05, 0.1) is 10.6 Å². The fourth-order valence-electron chi connectivity index (χ4n) is 4.38. The maximum atomic E-state index is 14.0. The zero-order chi connectivity index (χ0) is 29.4. The molecule has 40 heavy (non-hydrogen) atoms. The molecule has 0 spiro atoms. The number of halogens is 1. The quantitative estimate of drug-likeness (QED) is 0.304. The number of aryl methyl sites for hydroxylation is 2. The number of hydrogen-bond acceptors (Lipinski definition) is 4. The second-order valence-corrected chi connectivity index (χ2v) is 12.4. The summed E-state index contributed by atoms with van der Waals surface area (Å²) in [5.41, 5.74) is 2.97. The van der Waals surface area contributed by atoms with Crippen molar-refractivity contribution in [2.75, 3.05) is 17.4 Å². The van der Waals surface area contributed by atoms with E-state index < -0.39 is 28.5 Å². The molecule has 0 aromatic heterocycles. The lowest BCUT2D eigenvalue weighted by Gasteiger charge is -2.33. The highest BCUT2D eigenvalue weighted by Gasteiger charge is 2.33. The Labute approximate surface area is 243 Å². The molecule has 0 aliphatic rings. The zero-order valence-electron chi connectivity index (χ0n) is 23.7. The van der Waals surface area contributed by atoms with Crippen LogP contribution in [0.25, 0.3) is 0 Å². The van der Waals surface area contributed by atoms with E-state index in [1.165, 1.54) is 17.0 Å². The monoisotopic (exact) mass is 583 g/mol. The number of carbonyl (C=O) groups excluding carboxylic acids is 2. The molecule has 1 N–H and O–H groups in total. The summed E-state index contributed by atoms with van der Waals surface area (Å²) in [6, 6.07) is 20.2. The van der Waals surface area contributed by atoms with Gasteiger partial charge < -0.3 is 10.2 Å². The van der Waals surface area contributed by atoms with E-state index in [9.17, 15) is 18.0 Å². The molecule has 3 aromatic carbocycles. The van der Waals surface area contributed by atoms with E-state index in [4.69, 9.17) is 11.6 Å². The number of carbonyl (C=O) groups is 2. The van der Waals surface area contributed by atoms with Crippen LogP contribution >= 0.6 is 11.6 Å². The number of rotatable bonds is 12. The molecule has 3 rings (SSSR count). The van der Waals surface area contributed by atoms with Crippen LogP contribution in [0.1, 0.15) is 43.9 Å². The van der Waals surface area contributed by atoms with Gasteiger partial charge in [0.15, 0.2) is 0 Å². The number of hydrogen-bond donors (Lipinski definition) is 1. The van der Waals surface area contributed by atoms with Crippen LogP contribution in [0.4, 0.5) is 5.69 Å². The Kier molecular flexibility index (Phi) is 10.8. The molecule has 0 fully saturated rings. The van der Waals surface area contributed by atoms with Crippen LogP contribution in [0.2, 0.25) is 5.02 Å². The number of nitrogens with zero attached hydrogens (tertiary/aromatic N) is 2. The molecular formula is C31H38ClN3O4S. The van der Waals surface area contributed by atoms with Crippen molar-refractivity contribution in [2.45, 2.75) is 64.4 Å². The normalized spacial score (nSPS) is 12.2. The van der Waals surface area contributed by atoms with Gasteiger partial charge in [0.25, 0.3) is 10.0 Å². The lowest BCUT2D eigenvalue weighted by molar-refractivity contribution is -0.139. The minimum Gasteiger partial charge on any atom is -0.352 e. The van der Waals surface area contributed by atoms with E-state index in [0.29, 0.717) is 17.9 Å². The third-order valence-corrected chi connectivity index (χ3v) is 8.83. The smallest absolute Gasteiger partial charge is 0.264 e. The van der Waals surface area contributed by atoms with Crippen LogP contribution in [0, 0.1) is 13.8 Å². The number of sulfonamides is 1. The van der Waals surface area contributed by atoms with Crippen LogP contribution in [-0.4, -0.2) is 50.3 Å². The van der Waals surface area contributed by atoms with Crippen molar-refractivity contribution in [2.24, 2.45) is 0 Å². The Hall–Kier alpha value is -3.36. The summed E-state index contributed by atoms with van der Waals surface area (Å²) in [6.07, 6.45) is 0.888. The SMILES string of the molecule is CC[C@@H](C(=O)NC(C)C)N(CCc1ccccc1)C(=O)CN(c1ccc(C)c(Cl)c1)S(=O)(=O)c1ccc(C)cc1. The Morgan fingerprint density at radius 3 is 2.17 bits per heavy atom. The van der Waals surface area contributed by atoms with Gasteiger partial charge in [-0.25, -0.2) is 8.42 Å². The third-order valence-electron chi connectivity index (χ3n) is 6.63. The van der Waals surface area contributed by atoms with E-state index in [1.54, 1.807) is 30.3 Å². The van der Waals surface area contributed by atoms with Gasteiger partial charge in [0, 0.05) is 17.6 Å². The Morgan fingerprint density at radius 2 is 1.60 bits per heavy atom. The summed E-state index contributed by atoms with van der Waals surface area (Å²) < 4.78 is 28.9. The van der Waals surface area contributed by atoms with Crippen LogP contribution < -0.4 is 9.62 Å². The molecule has 0 aliphatic heterocycles. The van der Waals surface area contributed by atoms with Gasteiger partial charge in [0.1, 0.15) is 12.6 Å². The van der Waals surface area contributed by atoms with Crippen molar-refractivity contribution in [1.82, 2.24) is 10.2 Å². The highest BCUT2D eigenvalue weighted by Crippen LogP contribution is 2.28. The molecule has 0 radical (unpaired) electrons. The average molecular weight is 584 g/mol. The summed E-state index contributed by atoms with van der Waals surface area (Å²) in [6.45, 7) is 9.01. The molecule has 9 heteroatoms. The molecule has 0 aliphatic carbocycles. The summed E-state index contributed by atoms with van der Waals surface area (Å²) >= 11 is 6.38. The van der Waals surface area contributed by atoms with Gasteiger partial charge in [-0.3, -0.25) is 13.9 Å². The molecule has 0 saturated heterocycles. The lowest BCUT2D eigenvalue weighted by atomic mass is 10.1. The topological polar surface area (TPSA) is 86.8 Å². The van der Waals surface area contributed by atoms with E-state index in [-0.39, 0.29) is 29.1 Å². The number of anilines is 1. The van der Waals surface area contributed by atoms with Gasteiger partial charge in [-0.2, -0.15) is 0 Å². The van der Waals surface area contributed by atoms with E-state index in [2.05, 4.69) is 5.32 Å². The maximum Gasteiger partial charge on any atom is 0.264 e. The average Bonchev–Trinajstić information content (AvgIpc) is 2.91. The third kappa shape index (κ3) is 7.86. The molecular weight excluding hydrogens is 546 g/mol. The van der Waals surface area contributed by atoms with Crippen molar-refractivity contribution in [1.29, 1.82) is 0 Å². The largest absolute Gasteiger partial charge is 0.352 e. The Balaban J connectivity index is 2.03. The van der Waals surface area contributed by atoms with Crippen molar-refractivity contribution in [3.05, 3.63) is 94.5 Å². The van der Waals surface area contributed by atoms with Gasteiger partial charge in [-0.1, -0.05) is 72.6 Å². The lowest BCUT2D eigenvalue weighted by Crippen LogP contribution is -2.54. The second kappa shape index (κ2) is 13.8. The van der Waals surface area contributed by atoms with Crippen molar-refractivity contribution < 1.29 is 18.0 Å². The highest BCUT2D eigenvalue weighted by molar-refractivity contribution is 7.92. The highest BCUT2D eigenvalue weighted by atomic mass is 35.5. The van der Waals surface area contributed by atoms with E-state index in [0.717, 1.165) is 21.0 Å². The van der Waals surface area contributed by atoms with Gasteiger partial charge in [-0.15, -0.1) is 0 Å². The first kappa shape index (κ1) is 31.2. The first-order chi connectivity index (χ1) is 18.9. The summed E-state index contributed by atoms with van der Waals surface area (Å²) in [5, 5.41) is 3.29. The zero-order valence-corrected chi connectivity index (χ0v) is 25.3. The molecule has 0 bridgehead atoms. The van der Waals surface area contributed by atoms with Crippen molar-refractivity contribution in [3.8, 4) is 0 Å². The van der Waals surface area contributed by atoms with Crippen LogP contribution in [0.3, 0.4) is 0 Å². The molecule has 7 nitrogen and oxygen atoms in total. The molecule has 0 unspecified atom stereocenters. The minimum absolute atomic E-state index is 0.0584. The molecule has 0 saturated carbocycles. The summed E-state index contributed by atoms with van der Waals surface area (Å²) in [5.74, 6) is -0.751. The molecule has 214 valence electrons. The molecule has 0 heterocycles. The van der Waals surface area contributed by atoms with E-state index >= 15 is 0 Å². The molecule has 2 amide bonds.